The van der Waals surface area contributed by atoms with Gasteiger partial charge in [0.25, 0.3) is 0 Å². The number of aromatic nitrogens is 2. The first-order valence-corrected chi connectivity index (χ1v) is 10.9. The monoisotopic (exact) mass is 474 g/mol. The van der Waals surface area contributed by atoms with Crippen LogP contribution in [0, 0.1) is 5.92 Å². The second kappa shape index (κ2) is 9.79. The lowest BCUT2D eigenvalue weighted by molar-refractivity contribution is -0.137. The van der Waals surface area contributed by atoms with E-state index in [0.717, 1.165) is 23.4 Å². The SMILES string of the molecule is O=C(NC(c1ccccc1)c1ccncc1)C1CCN(c2ncc(C(F)(F)F)cc2Cl)CC1. The molecule has 9 heteroatoms. The molecule has 0 bridgehead atoms. The van der Waals surface area contributed by atoms with Crippen LogP contribution in [-0.4, -0.2) is 29.0 Å². The van der Waals surface area contributed by atoms with Crippen LogP contribution in [0.25, 0.3) is 0 Å². The van der Waals surface area contributed by atoms with Crippen LogP contribution < -0.4 is 10.2 Å². The van der Waals surface area contributed by atoms with Crippen LogP contribution in [0.5, 0.6) is 0 Å². The van der Waals surface area contributed by atoms with E-state index in [2.05, 4.69) is 15.3 Å². The van der Waals surface area contributed by atoms with E-state index >= 15 is 0 Å². The molecule has 0 spiro atoms. The Morgan fingerprint density at radius 1 is 1.06 bits per heavy atom. The molecule has 4 rings (SSSR count). The lowest BCUT2D eigenvalue weighted by Gasteiger charge is -2.33. The third-order valence-electron chi connectivity index (χ3n) is 5.77. The summed E-state index contributed by atoms with van der Waals surface area (Å²) >= 11 is 6.08. The van der Waals surface area contributed by atoms with Crippen molar-refractivity contribution in [3.8, 4) is 0 Å². The minimum atomic E-state index is -4.50. The predicted molar refractivity (Wildman–Crippen MR) is 120 cm³/mol. The Labute approximate surface area is 194 Å². The molecule has 33 heavy (non-hydrogen) atoms. The number of hydrogen-bond acceptors (Lipinski definition) is 4. The standard InChI is InChI=1S/C24H22ClF3N4O/c25-20-14-19(24(26,27)28)15-30-22(20)32-12-8-18(9-13-32)23(33)31-21(16-4-2-1-3-5-16)17-6-10-29-11-7-17/h1-7,10-11,14-15,18,21H,8-9,12-13H2,(H,31,33). The first-order valence-electron chi connectivity index (χ1n) is 10.6. The largest absolute Gasteiger partial charge is 0.417 e. The molecule has 3 aromatic rings. The van der Waals surface area contributed by atoms with Gasteiger partial charge in [-0.25, -0.2) is 4.98 Å². The molecular weight excluding hydrogens is 453 g/mol. The molecule has 1 aliphatic heterocycles. The Morgan fingerprint density at radius 3 is 2.30 bits per heavy atom. The third-order valence-corrected chi connectivity index (χ3v) is 6.05. The topological polar surface area (TPSA) is 58.1 Å². The fourth-order valence-electron chi connectivity index (χ4n) is 3.99. The van der Waals surface area contributed by atoms with Crippen molar-refractivity contribution in [1.82, 2.24) is 15.3 Å². The minimum Gasteiger partial charge on any atom is -0.355 e. The van der Waals surface area contributed by atoms with E-state index in [1.54, 1.807) is 12.4 Å². The summed E-state index contributed by atoms with van der Waals surface area (Å²) in [7, 11) is 0. The molecule has 1 aromatic carbocycles. The maximum atomic E-state index is 13.1. The number of amides is 1. The Hall–Kier alpha value is -3.13. The van der Waals surface area contributed by atoms with Gasteiger partial charge in [-0.2, -0.15) is 13.2 Å². The second-order valence-electron chi connectivity index (χ2n) is 7.92. The molecule has 1 atom stereocenters. The van der Waals surface area contributed by atoms with Crippen molar-refractivity contribution in [2.24, 2.45) is 5.92 Å². The lowest BCUT2D eigenvalue weighted by Crippen LogP contribution is -2.42. The summed E-state index contributed by atoms with van der Waals surface area (Å²) in [5.74, 6) is 0.0248. The van der Waals surface area contributed by atoms with Crippen LogP contribution in [-0.2, 0) is 11.0 Å². The third kappa shape index (κ3) is 5.45. The second-order valence-corrected chi connectivity index (χ2v) is 8.33. The highest BCUT2D eigenvalue weighted by Gasteiger charge is 2.33. The van der Waals surface area contributed by atoms with Gasteiger partial charge in [0, 0.05) is 37.6 Å². The quantitative estimate of drug-likeness (QED) is 0.547. The maximum absolute atomic E-state index is 13.1. The van der Waals surface area contributed by atoms with Gasteiger partial charge in [0.15, 0.2) is 0 Å². The van der Waals surface area contributed by atoms with E-state index in [1.165, 1.54) is 0 Å². The molecule has 1 saturated heterocycles. The number of pyridine rings is 2. The minimum absolute atomic E-state index is 0.0467. The molecule has 5 nitrogen and oxygen atoms in total. The highest BCUT2D eigenvalue weighted by molar-refractivity contribution is 6.33. The molecule has 0 saturated carbocycles. The van der Waals surface area contributed by atoms with Crippen LogP contribution >= 0.6 is 11.6 Å². The predicted octanol–water partition coefficient (Wildman–Crippen LogP) is 5.27. The van der Waals surface area contributed by atoms with Gasteiger partial charge >= 0.3 is 6.18 Å². The van der Waals surface area contributed by atoms with Crippen molar-refractivity contribution in [3.05, 3.63) is 88.8 Å². The number of anilines is 1. The lowest BCUT2D eigenvalue weighted by atomic mass is 9.93. The van der Waals surface area contributed by atoms with E-state index in [1.807, 2.05) is 47.4 Å². The Bertz CT molecular complexity index is 1050. The number of carbonyl (C=O) groups is 1. The van der Waals surface area contributed by atoms with Crippen LogP contribution in [0.4, 0.5) is 19.0 Å². The van der Waals surface area contributed by atoms with E-state index in [-0.39, 0.29) is 22.9 Å². The summed E-state index contributed by atoms with van der Waals surface area (Å²) in [5, 5.41) is 3.11. The van der Waals surface area contributed by atoms with Crippen LogP contribution in [0.15, 0.2) is 67.1 Å². The average molecular weight is 475 g/mol. The molecule has 0 aliphatic carbocycles. The molecule has 3 heterocycles. The van der Waals surface area contributed by atoms with Gasteiger partial charge in [0.2, 0.25) is 5.91 Å². The Morgan fingerprint density at radius 2 is 1.70 bits per heavy atom. The zero-order chi connectivity index (χ0) is 23.4. The molecule has 1 fully saturated rings. The number of benzene rings is 1. The highest BCUT2D eigenvalue weighted by atomic mass is 35.5. The summed E-state index contributed by atoms with van der Waals surface area (Å²) in [6.07, 6.45) is 0.766. The summed E-state index contributed by atoms with van der Waals surface area (Å²) in [4.78, 5) is 22.9. The molecule has 0 radical (unpaired) electrons. The summed E-state index contributed by atoms with van der Waals surface area (Å²) in [6.45, 7) is 0.947. The summed E-state index contributed by atoms with van der Waals surface area (Å²) < 4.78 is 38.6. The number of piperidine rings is 1. The van der Waals surface area contributed by atoms with Crippen LogP contribution in [0.3, 0.4) is 0 Å². The van der Waals surface area contributed by atoms with Gasteiger partial charge in [0.1, 0.15) is 5.82 Å². The molecule has 1 aliphatic rings. The fourth-order valence-corrected chi connectivity index (χ4v) is 4.28. The van der Waals surface area contributed by atoms with Gasteiger partial charge in [0.05, 0.1) is 16.6 Å². The maximum Gasteiger partial charge on any atom is 0.417 e. The number of alkyl halides is 3. The number of nitrogens with zero attached hydrogens (tertiary/aromatic N) is 3. The summed E-state index contributed by atoms with van der Waals surface area (Å²) in [5.41, 5.74) is 1.02. The van der Waals surface area contributed by atoms with Crippen LogP contribution in [0.1, 0.15) is 35.6 Å². The number of carbonyl (C=O) groups excluding carboxylic acids is 1. The van der Waals surface area contributed by atoms with Crippen molar-refractivity contribution in [2.45, 2.75) is 25.1 Å². The number of rotatable bonds is 5. The molecule has 1 N–H and O–H groups in total. The number of nitrogens with one attached hydrogen (secondary N) is 1. The molecule has 1 unspecified atom stereocenters. The van der Waals surface area contributed by atoms with Gasteiger partial charge in [-0.1, -0.05) is 41.9 Å². The van der Waals surface area contributed by atoms with Gasteiger partial charge in [-0.3, -0.25) is 9.78 Å². The molecule has 1 amide bonds. The van der Waals surface area contributed by atoms with Crippen molar-refractivity contribution < 1.29 is 18.0 Å². The smallest absolute Gasteiger partial charge is 0.355 e. The number of halogens is 4. The van der Waals surface area contributed by atoms with Crippen LogP contribution in [0.2, 0.25) is 5.02 Å². The highest BCUT2D eigenvalue weighted by Crippen LogP contribution is 2.35. The van der Waals surface area contributed by atoms with E-state index < -0.39 is 11.7 Å². The van der Waals surface area contributed by atoms with Gasteiger partial charge < -0.3 is 10.2 Å². The van der Waals surface area contributed by atoms with Crippen molar-refractivity contribution in [3.63, 3.8) is 0 Å². The van der Waals surface area contributed by atoms with Crippen molar-refractivity contribution in [1.29, 1.82) is 0 Å². The van der Waals surface area contributed by atoms with E-state index in [4.69, 9.17) is 11.6 Å². The van der Waals surface area contributed by atoms with E-state index in [0.29, 0.717) is 31.7 Å². The van der Waals surface area contributed by atoms with Crippen molar-refractivity contribution in [2.75, 3.05) is 18.0 Å². The Kier molecular flexibility index (Phi) is 6.83. The van der Waals surface area contributed by atoms with Crippen molar-refractivity contribution >= 4 is 23.3 Å². The first kappa shape index (κ1) is 23.0. The average Bonchev–Trinajstić information content (AvgIpc) is 2.83. The van der Waals surface area contributed by atoms with Gasteiger partial charge in [-0.15, -0.1) is 0 Å². The molecular formula is C24H22ClF3N4O. The van der Waals surface area contributed by atoms with Gasteiger partial charge in [-0.05, 0) is 42.2 Å². The molecule has 172 valence electrons. The Balaban J connectivity index is 1.43. The normalized spacial score (nSPS) is 15.8. The molecule has 2 aromatic heterocycles. The number of hydrogen-bond donors (Lipinski definition) is 1. The zero-order valence-corrected chi connectivity index (χ0v) is 18.4. The van der Waals surface area contributed by atoms with E-state index in [9.17, 15) is 18.0 Å². The summed E-state index contributed by atoms with van der Waals surface area (Å²) in [6, 6.07) is 14.0. The zero-order valence-electron chi connectivity index (χ0n) is 17.6. The fraction of sp³-hybridized carbons (Fsp3) is 0.292. The first-order chi connectivity index (χ1) is 15.8.